The molecule has 27 heavy (non-hydrogen) atoms. The maximum absolute atomic E-state index is 14.3. The summed E-state index contributed by atoms with van der Waals surface area (Å²) in [5, 5.41) is 17.5. The van der Waals surface area contributed by atoms with Crippen molar-refractivity contribution in [1.29, 1.82) is 0 Å². The van der Waals surface area contributed by atoms with Gasteiger partial charge in [0.1, 0.15) is 5.82 Å². The number of hydrazone groups is 1. The van der Waals surface area contributed by atoms with Crippen LogP contribution in [0.4, 0.5) is 4.39 Å². The standard InChI is InChI=1S/C20H21FN4O2/c21-17-6-5-13(11-16(17)20(27)25-9-7-22-8-10-25)12-18-14-3-1-2-4-15(14)19(26)24-23-18/h1-6,11,19,22,24,26H,7-10,12H2. The van der Waals surface area contributed by atoms with Crippen molar-refractivity contribution in [1.82, 2.24) is 15.6 Å². The first-order valence-electron chi connectivity index (χ1n) is 9.01. The molecule has 6 nitrogen and oxygen atoms in total. The number of hydrogen-bond donors (Lipinski definition) is 3. The van der Waals surface area contributed by atoms with E-state index in [0.717, 1.165) is 22.4 Å². The van der Waals surface area contributed by atoms with Gasteiger partial charge in [0.25, 0.3) is 5.91 Å². The van der Waals surface area contributed by atoms with Crippen molar-refractivity contribution >= 4 is 11.6 Å². The second-order valence-electron chi connectivity index (χ2n) is 6.71. The summed E-state index contributed by atoms with van der Waals surface area (Å²) in [7, 11) is 0. The number of benzene rings is 2. The molecule has 1 fully saturated rings. The van der Waals surface area contributed by atoms with Crippen LogP contribution in [-0.2, 0) is 6.42 Å². The zero-order valence-electron chi connectivity index (χ0n) is 14.8. The molecule has 4 rings (SSSR count). The van der Waals surface area contributed by atoms with Crippen molar-refractivity contribution in [3.63, 3.8) is 0 Å². The van der Waals surface area contributed by atoms with Gasteiger partial charge in [-0.2, -0.15) is 5.10 Å². The van der Waals surface area contributed by atoms with Gasteiger partial charge >= 0.3 is 0 Å². The Morgan fingerprint density at radius 1 is 1.22 bits per heavy atom. The molecule has 7 heteroatoms. The number of halogens is 1. The Morgan fingerprint density at radius 3 is 2.81 bits per heavy atom. The number of carbonyl (C=O) groups is 1. The SMILES string of the molecule is O=C(c1cc(CC2=NNC(O)c3ccccc32)ccc1F)N1CCNCC1. The average Bonchev–Trinajstić information content (AvgIpc) is 2.72. The summed E-state index contributed by atoms with van der Waals surface area (Å²) < 4.78 is 14.3. The zero-order chi connectivity index (χ0) is 18.8. The van der Waals surface area contributed by atoms with Gasteiger partial charge in [0, 0.05) is 43.7 Å². The summed E-state index contributed by atoms with van der Waals surface area (Å²) in [6, 6.07) is 12.1. The van der Waals surface area contributed by atoms with Crippen molar-refractivity contribution in [3.8, 4) is 0 Å². The normalized spacial score (nSPS) is 19.1. The quantitative estimate of drug-likeness (QED) is 0.766. The number of aliphatic hydroxyl groups is 1. The van der Waals surface area contributed by atoms with Crippen LogP contribution in [0.1, 0.15) is 33.3 Å². The number of fused-ring (bicyclic) bond motifs is 1. The molecule has 1 amide bonds. The number of piperazine rings is 1. The molecule has 140 valence electrons. The van der Waals surface area contributed by atoms with E-state index < -0.39 is 12.0 Å². The number of nitrogens with zero attached hydrogens (tertiary/aromatic N) is 2. The topological polar surface area (TPSA) is 77.0 Å². The molecular formula is C20H21FN4O2. The summed E-state index contributed by atoms with van der Waals surface area (Å²) in [6.45, 7) is 2.58. The lowest BCUT2D eigenvalue weighted by Gasteiger charge is -2.27. The van der Waals surface area contributed by atoms with Gasteiger partial charge in [-0.15, -0.1) is 0 Å². The Hall–Kier alpha value is -2.77. The van der Waals surface area contributed by atoms with Gasteiger partial charge in [-0.1, -0.05) is 30.3 Å². The predicted molar refractivity (Wildman–Crippen MR) is 100.0 cm³/mol. The van der Waals surface area contributed by atoms with Crippen molar-refractivity contribution in [3.05, 3.63) is 70.5 Å². The summed E-state index contributed by atoms with van der Waals surface area (Å²) in [5.74, 6) is -0.794. The third-order valence-electron chi connectivity index (χ3n) is 4.93. The van der Waals surface area contributed by atoms with Gasteiger partial charge in [-0.05, 0) is 17.7 Å². The van der Waals surface area contributed by atoms with Gasteiger partial charge in [0.2, 0.25) is 0 Å². The number of amides is 1. The molecule has 2 heterocycles. The summed E-state index contributed by atoms with van der Waals surface area (Å²) in [6.07, 6.45) is -0.415. The molecule has 2 aliphatic heterocycles. The van der Waals surface area contributed by atoms with Crippen LogP contribution in [-0.4, -0.2) is 47.8 Å². The Labute approximate surface area is 156 Å². The van der Waals surface area contributed by atoms with E-state index in [1.54, 1.807) is 17.0 Å². The minimum absolute atomic E-state index is 0.0899. The van der Waals surface area contributed by atoms with Crippen molar-refractivity contribution in [2.24, 2.45) is 5.10 Å². The smallest absolute Gasteiger partial charge is 0.256 e. The number of rotatable bonds is 3. The molecule has 1 saturated heterocycles. The first-order valence-corrected chi connectivity index (χ1v) is 9.01. The van der Waals surface area contributed by atoms with Crippen LogP contribution in [0.25, 0.3) is 0 Å². The third kappa shape index (κ3) is 3.56. The molecule has 2 aliphatic rings. The Bertz CT molecular complexity index is 893. The van der Waals surface area contributed by atoms with Crippen molar-refractivity contribution in [2.45, 2.75) is 12.6 Å². The van der Waals surface area contributed by atoms with Crippen LogP contribution in [0.5, 0.6) is 0 Å². The number of aliphatic hydroxyl groups excluding tert-OH is 1. The van der Waals surface area contributed by atoms with Gasteiger partial charge in [-0.25, -0.2) is 4.39 Å². The fourth-order valence-corrected chi connectivity index (χ4v) is 3.48. The average molecular weight is 368 g/mol. The van der Waals surface area contributed by atoms with E-state index in [9.17, 15) is 14.3 Å². The van der Waals surface area contributed by atoms with E-state index in [1.807, 2.05) is 24.3 Å². The Morgan fingerprint density at radius 2 is 2.00 bits per heavy atom. The maximum atomic E-state index is 14.3. The number of hydrogen-bond acceptors (Lipinski definition) is 5. The van der Waals surface area contributed by atoms with Gasteiger partial charge in [0.15, 0.2) is 6.23 Å². The van der Waals surface area contributed by atoms with Crippen LogP contribution >= 0.6 is 0 Å². The lowest BCUT2D eigenvalue weighted by molar-refractivity contribution is 0.0731. The molecular weight excluding hydrogens is 347 g/mol. The molecule has 0 aliphatic carbocycles. The fraction of sp³-hybridized carbons (Fsp3) is 0.300. The van der Waals surface area contributed by atoms with Crippen LogP contribution in [0.2, 0.25) is 0 Å². The summed E-state index contributed by atoms with van der Waals surface area (Å²) in [5.41, 5.74) is 5.92. The highest BCUT2D eigenvalue weighted by molar-refractivity contribution is 6.04. The second-order valence-corrected chi connectivity index (χ2v) is 6.71. The monoisotopic (exact) mass is 368 g/mol. The van der Waals surface area contributed by atoms with Gasteiger partial charge in [-0.3, -0.25) is 10.2 Å². The largest absolute Gasteiger partial charge is 0.368 e. The molecule has 1 unspecified atom stereocenters. The minimum Gasteiger partial charge on any atom is -0.368 e. The summed E-state index contributed by atoms with van der Waals surface area (Å²) >= 11 is 0. The van der Waals surface area contributed by atoms with E-state index in [4.69, 9.17) is 0 Å². The maximum Gasteiger partial charge on any atom is 0.256 e. The number of carbonyl (C=O) groups excluding carboxylic acids is 1. The van der Waals surface area contributed by atoms with E-state index in [-0.39, 0.29) is 11.5 Å². The molecule has 0 bridgehead atoms. The zero-order valence-corrected chi connectivity index (χ0v) is 14.8. The molecule has 0 aromatic heterocycles. The van der Waals surface area contributed by atoms with Gasteiger partial charge < -0.3 is 15.3 Å². The van der Waals surface area contributed by atoms with Crippen LogP contribution in [0, 0.1) is 5.82 Å². The van der Waals surface area contributed by atoms with Gasteiger partial charge in [0.05, 0.1) is 11.3 Å². The molecule has 0 spiro atoms. The molecule has 2 aromatic rings. The van der Waals surface area contributed by atoms with Crippen LogP contribution < -0.4 is 10.7 Å². The first-order chi connectivity index (χ1) is 13.1. The first kappa shape index (κ1) is 17.6. The van der Waals surface area contributed by atoms with Crippen LogP contribution in [0.3, 0.4) is 0 Å². The van der Waals surface area contributed by atoms with Crippen molar-refractivity contribution < 1.29 is 14.3 Å². The highest BCUT2D eigenvalue weighted by Crippen LogP contribution is 2.23. The van der Waals surface area contributed by atoms with Crippen LogP contribution in [0.15, 0.2) is 47.6 Å². The van der Waals surface area contributed by atoms with E-state index in [1.165, 1.54) is 6.07 Å². The predicted octanol–water partition coefficient (Wildman–Crippen LogP) is 1.41. The molecule has 0 saturated carbocycles. The highest BCUT2D eigenvalue weighted by atomic mass is 19.1. The third-order valence-corrected chi connectivity index (χ3v) is 4.93. The fourth-order valence-electron chi connectivity index (χ4n) is 3.48. The highest BCUT2D eigenvalue weighted by Gasteiger charge is 2.23. The molecule has 1 atom stereocenters. The lowest BCUT2D eigenvalue weighted by Crippen LogP contribution is -2.46. The molecule has 2 aromatic carbocycles. The Balaban J connectivity index is 1.59. The Kier molecular flexibility index (Phi) is 4.87. The van der Waals surface area contributed by atoms with E-state index in [2.05, 4.69) is 15.8 Å². The molecule has 3 N–H and O–H groups in total. The van der Waals surface area contributed by atoms with Crippen molar-refractivity contribution in [2.75, 3.05) is 26.2 Å². The summed E-state index contributed by atoms with van der Waals surface area (Å²) in [4.78, 5) is 14.4. The van der Waals surface area contributed by atoms with E-state index >= 15 is 0 Å². The molecule has 0 radical (unpaired) electrons. The van der Waals surface area contributed by atoms with E-state index in [0.29, 0.717) is 32.6 Å². The second kappa shape index (κ2) is 7.46. The lowest BCUT2D eigenvalue weighted by atomic mass is 9.95. The number of nitrogens with one attached hydrogen (secondary N) is 2. The minimum atomic E-state index is -0.844.